The van der Waals surface area contributed by atoms with Gasteiger partial charge in [0.25, 0.3) is 0 Å². The van der Waals surface area contributed by atoms with Crippen molar-refractivity contribution in [3.63, 3.8) is 0 Å². The molecule has 0 saturated heterocycles. The Bertz CT molecular complexity index is 620. The van der Waals surface area contributed by atoms with Crippen LogP contribution in [-0.4, -0.2) is 10.1 Å². The van der Waals surface area contributed by atoms with Crippen molar-refractivity contribution in [1.29, 1.82) is 0 Å². The van der Waals surface area contributed by atoms with Crippen LogP contribution in [0.25, 0.3) is 0 Å². The van der Waals surface area contributed by atoms with Gasteiger partial charge >= 0.3 is 6.18 Å². The fraction of sp³-hybridized carbons (Fsp3) is 0.538. The van der Waals surface area contributed by atoms with E-state index in [1.54, 1.807) is 0 Å². The van der Waals surface area contributed by atoms with E-state index < -0.39 is 11.2 Å². The first kappa shape index (κ1) is 14.5. The van der Waals surface area contributed by atoms with Gasteiger partial charge in [0.05, 0.1) is 5.69 Å². The Morgan fingerprint density at radius 3 is 2.81 bits per heavy atom. The molecular weight excluding hydrogens is 303 g/mol. The van der Waals surface area contributed by atoms with Crippen molar-refractivity contribution < 1.29 is 17.7 Å². The average molecular weight is 317 g/mol. The Kier molecular flexibility index (Phi) is 3.99. The molecule has 3 rings (SSSR count). The Balaban J connectivity index is 1.57. The van der Waals surface area contributed by atoms with Gasteiger partial charge in [0.1, 0.15) is 11.5 Å². The Hall–Kier alpha value is -1.41. The molecule has 0 unspecified atom stereocenters. The van der Waals surface area contributed by atoms with Gasteiger partial charge in [-0.05, 0) is 19.3 Å². The molecule has 0 fully saturated rings. The van der Waals surface area contributed by atoms with E-state index in [0.29, 0.717) is 23.6 Å². The smallest absolute Gasteiger partial charge is 0.361 e. The first-order valence-electron chi connectivity index (χ1n) is 6.72. The average Bonchev–Trinajstić information content (AvgIpc) is 3.06. The molecule has 0 amide bonds. The summed E-state index contributed by atoms with van der Waals surface area (Å²) in [6.45, 7) is 0.770. The van der Waals surface area contributed by atoms with Crippen LogP contribution in [0.1, 0.15) is 40.6 Å². The van der Waals surface area contributed by atoms with Gasteiger partial charge < -0.3 is 9.84 Å². The number of thiazole rings is 1. The molecule has 0 atom stereocenters. The molecule has 21 heavy (non-hydrogen) atoms. The minimum atomic E-state index is -4.37. The van der Waals surface area contributed by atoms with Crippen LogP contribution >= 0.6 is 11.3 Å². The second kappa shape index (κ2) is 5.76. The van der Waals surface area contributed by atoms with E-state index in [1.807, 2.05) is 0 Å². The lowest BCUT2D eigenvalue weighted by atomic mass is 9.96. The number of nitrogens with zero attached hydrogens (tertiary/aromatic N) is 2. The Labute approximate surface area is 123 Å². The molecule has 1 N–H and O–H groups in total. The Morgan fingerprint density at radius 1 is 1.24 bits per heavy atom. The van der Waals surface area contributed by atoms with Crippen molar-refractivity contribution >= 4 is 11.3 Å². The topological polar surface area (TPSA) is 51.0 Å². The summed E-state index contributed by atoms with van der Waals surface area (Å²) in [5.41, 5.74) is 2.41. The minimum Gasteiger partial charge on any atom is -0.361 e. The largest absolute Gasteiger partial charge is 0.443 e. The van der Waals surface area contributed by atoms with Gasteiger partial charge in [0.15, 0.2) is 5.01 Å². The number of aromatic nitrogens is 2. The molecule has 114 valence electrons. The summed E-state index contributed by atoms with van der Waals surface area (Å²) < 4.78 is 42.6. The van der Waals surface area contributed by atoms with Gasteiger partial charge in [-0.2, -0.15) is 13.2 Å². The molecule has 2 aromatic rings. The zero-order chi connectivity index (χ0) is 14.9. The third-order valence-electron chi connectivity index (χ3n) is 3.42. The highest BCUT2D eigenvalue weighted by Crippen LogP contribution is 2.31. The number of alkyl halides is 3. The summed E-state index contributed by atoms with van der Waals surface area (Å²) in [7, 11) is 0. The van der Waals surface area contributed by atoms with E-state index in [1.165, 1.54) is 5.38 Å². The molecule has 1 aliphatic rings. The third kappa shape index (κ3) is 3.26. The van der Waals surface area contributed by atoms with Crippen molar-refractivity contribution in [3.05, 3.63) is 33.1 Å². The molecule has 4 nitrogen and oxygen atoms in total. The molecule has 0 aromatic carbocycles. The van der Waals surface area contributed by atoms with Crippen molar-refractivity contribution in [1.82, 2.24) is 15.5 Å². The molecule has 8 heteroatoms. The molecule has 0 spiro atoms. The monoisotopic (exact) mass is 317 g/mol. The lowest BCUT2D eigenvalue weighted by Crippen LogP contribution is -2.15. The van der Waals surface area contributed by atoms with E-state index in [-0.39, 0.29) is 6.54 Å². The van der Waals surface area contributed by atoms with Crippen molar-refractivity contribution in [2.45, 2.75) is 44.9 Å². The summed E-state index contributed by atoms with van der Waals surface area (Å²) in [6, 6.07) is 0. The summed E-state index contributed by atoms with van der Waals surface area (Å²) in [4.78, 5) is 3.58. The van der Waals surface area contributed by atoms with Gasteiger partial charge in [-0.3, -0.25) is 0 Å². The number of nitrogens with one attached hydrogen (secondary N) is 1. The lowest BCUT2D eigenvalue weighted by Gasteiger charge is -2.09. The molecule has 0 aliphatic heterocycles. The van der Waals surface area contributed by atoms with Crippen LogP contribution in [0.2, 0.25) is 0 Å². The zero-order valence-electron chi connectivity index (χ0n) is 11.2. The third-order valence-corrected chi connectivity index (χ3v) is 4.36. The van der Waals surface area contributed by atoms with E-state index in [4.69, 9.17) is 4.52 Å². The highest BCUT2D eigenvalue weighted by atomic mass is 32.1. The van der Waals surface area contributed by atoms with Crippen LogP contribution in [-0.2, 0) is 32.1 Å². The predicted octanol–water partition coefficient (Wildman–Crippen LogP) is 3.32. The highest BCUT2D eigenvalue weighted by molar-refractivity contribution is 7.09. The number of hydrogen-bond donors (Lipinski definition) is 1. The van der Waals surface area contributed by atoms with Crippen LogP contribution in [0.5, 0.6) is 0 Å². The van der Waals surface area contributed by atoms with Gasteiger partial charge in [-0.1, -0.05) is 5.16 Å². The normalized spacial score (nSPS) is 15.2. The minimum absolute atomic E-state index is 0.286. The predicted molar refractivity (Wildman–Crippen MR) is 70.8 cm³/mol. The first-order chi connectivity index (χ1) is 10.0. The summed E-state index contributed by atoms with van der Waals surface area (Å²) in [5.74, 6) is 0.950. The molecule has 0 radical (unpaired) electrons. The summed E-state index contributed by atoms with van der Waals surface area (Å²) >= 11 is 0.617. The first-order valence-corrected chi connectivity index (χ1v) is 7.60. The number of hydrogen-bond acceptors (Lipinski definition) is 5. The SMILES string of the molecule is FC(F)(F)c1nc(CNCc2noc3c2CCCC3)cs1. The maximum Gasteiger partial charge on any atom is 0.443 e. The lowest BCUT2D eigenvalue weighted by molar-refractivity contribution is -0.137. The van der Waals surface area contributed by atoms with Gasteiger partial charge in [0.2, 0.25) is 0 Å². The number of aryl methyl sites for hydroxylation is 1. The van der Waals surface area contributed by atoms with Gasteiger partial charge in [-0.25, -0.2) is 4.98 Å². The molecule has 2 aromatic heterocycles. The van der Waals surface area contributed by atoms with Crippen molar-refractivity contribution in [2.75, 3.05) is 0 Å². The van der Waals surface area contributed by atoms with Crippen LogP contribution in [0.4, 0.5) is 13.2 Å². The van der Waals surface area contributed by atoms with Crippen LogP contribution in [0, 0.1) is 0 Å². The highest BCUT2D eigenvalue weighted by Gasteiger charge is 2.34. The number of rotatable bonds is 4. The maximum atomic E-state index is 12.4. The molecular formula is C13H14F3N3OS. The molecule has 2 heterocycles. The van der Waals surface area contributed by atoms with E-state index >= 15 is 0 Å². The second-order valence-corrected chi connectivity index (χ2v) is 5.84. The quantitative estimate of drug-likeness (QED) is 0.940. The summed E-state index contributed by atoms with van der Waals surface area (Å²) in [6.07, 6.45) is -0.238. The fourth-order valence-electron chi connectivity index (χ4n) is 2.42. The zero-order valence-corrected chi connectivity index (χ0v) is 12.0. The Morgan fingerprint density at radius 2 is 2.05 bits per heavy atom. The standard InChI is InChI=1S/C13H14F3N3OS/c14-13(15,16)12-18-8(7-21-12)5-17-6-10-9-3-1-2-4-11(9)20-19-10/h7,17H,1-6H2. The van der Waals surface area contributed by atoms with Gasteiger partial charge in [0, 0.05) is 30.5 Å². The van der Waals surface area contributed by atoms with Crippen molar-refractivity contribution in [2.24, 2.45) is 0 Å². The number of halogens is 3. The maximum absolute atomic E-state index is 12.4. The fourth-order valence-corrected chi connectivity index (χ4v) is 3.10. The number of fused-ring (bicyclic) bond motifs is 1. The van der Waals surface area contributed by atoms with Gasteiger partial charge in [-0.15, -0.1) is 11.3 Å². The molecule has 1 aliphatic carbocycles. The molecule has 0 bridgehead atoms. The van der Waals surface area contributed by atoms with Crippen LogP contribution in [0.15, 0.2) is 9.90 Å². The van der Waals surface area contributed by atoms with E-state index in [0.717, 1.165) is 42.7 Å². The molecule has 0 saturated carbocycles. The van der Waals surface area contributed by atoms with E-state index in [9.17, 15) is 13.2 Å². The van der Waals surface area contributed by atoms with Crippen LogP contribution in [0.3, 0.4) is 0 Å². The summed E-state index contributed by atoms with van der Waals surface area (Å²) in [5, 5.41) is 7.73. The van der Waals surface area contributed by atoms with Crippen molar-refractivity contribution in [3.8, 4) is 0 Å². The van der Waals surface area contributed by atoms with Crippen LogP contribution < -0.4 is 5.32 Å². The van der Waals surface area contributed by atoms with E-state index in [2.05, 4.69) is 15.5 Å². The second-order valence-electron chi connectivity index (χ2n) is 4.98.